The molecule has 98 valence electrons. The first kappa shape index (κ1) is 12.8. The Balaban J connectivity index is 2.14. The summed E-state index contributed by atoms with van der Waals surface area (Å²) < 4.78 is 13.3. The zero-order valence-electron chi connectivity index (χ0n) is 10.3. The normalized spacial score (nSPS) is 24.1. The predicted octanol–water partition coefficient (Wildman–Crippen LogP) is 1.25. The first-order chi connectivity index (χ1) is 8.49. The zero-order chi connectivity index (χ0) is 13.3. The Hall–Kier alpha value is -1.62. The number of amides is 1. The van der Waals surface area contributed by atoms with Gasteiger partial charge in [-0.05, 0) is 30.5 Å². The molecule has 1 amide bonds. The zero-order valence-corrected chi connectivity index (χ0v) is 10.3. The highest BCUT2D eigenvalue weighted by atomic mass is 19.1. The number of anilines is 1. The van der Waals surface area contributed by atoms with Crippen LogP contribution < -0.4 is 5.73 Å². The van der Waals surface area contributed by atoms with Crippen molar-refractivity contribution in [2.45, 2.75) is 19.4 Å². The Labute approximate surface area is 105 Å². The summed E-state index contributed by atoms with van der Waals surface area (Å²) >= 11 is 0. The molecular formula is C13H17FN2O2. The highest BCUT2D eigenvalue weighted by Gasteiger charge is 2.28. The fourth-order valence-corrected chi connectivity index (χ4v) is 2.08. The molecule has 1 aliphatic heterocycles. The number of carbonyl (C=O) groups excluding carboxylic acids is 1. The highest BCUT2D eigenvalue weighted by Crippen LogP contribution is 2.20. The van der Waals surface area contributed by atoms with Gasteiger partial charge in [0.2, 0.25) is 0 Å². The minimum atomic E-state index is -0.591. The monoisotopic (exact) mass is 252 g/mol. The summed E-state index contributed by atoms with van der Waals surface area (Å²) in [7, 11) is 0. The van der Waals surface area contributed by atoms with Gasteiger partial charge in [-0.3, -0.25) is 4.79 Å². The van der Waals surface area contributed by atoms with Crippen molar-refractivity contribution in [3.8, 4) is 0 Å². The molecule has 1 aliphatic rings. The molecule has 1 aromatic carbocycles. The lowest BCUT2D eigenvalue weighted by Gasteiger charge is -2.34. The summed E-state index contributed by atoms with van der Waals surface area (Å²) in [4.78, 5) is 13.7. The third-order valence-electron chi connectivity index (χ3n) is 3.45. The van der Waals surface area contributed by atoms with E-state index in [1.54, 1.807) is 4.90 Å². The van der Waals surface area contributed by atoms with Crippen LogP contribution in [0.3, 0.4) is 0 Å². The number of hydrogen-bond acceptors (Lipinski definition) is 3. The predicted molar refractivity (Wildman–Crippen MR) is 66.5 cm³/mol. The molecule has 5 heteroatoms. The summed E-state index contributed by atoms with van der Waals surface area (Å²) in [5.41, 5.74) is 5.66. The van der Waals surface area contributed by atoms with Crippen LogP contribution in [0.5, 0.6) is 0 Å². The van der Waals surface area contributed by atoms with E-state index >= 15 is 0 Å². The van der Waals surface area contributed by atoms with Crippen molar-refractivity contribution in [3.05, 3.63) is 29.6 Å². The molecule has 3 N–H and O–H groups in total. The maximum Gasteiger partial charge on any atom is 0.254 e. The van der Waals surface area contributed by atoms with Crippen molar-refractivity contribution in [3.63, 3.8) is 0 Å². The van der Waals surface area contributed by atoms with Gasteiger partial charge < -0.3 is 15.7 Å². The van der Waals surface area contributed by atoms with E-state index in [1.807, 2.05) is 6.92 Å². The number of benzene rings is 1. The van der Waals surface area contributed by atoms with Crippen molar-refractivity contribution in [2.24, 2.45) is 5.92 Å². The van der Waals surface area contributed by atoms with E-state index in [9.17, 15) is 14.3 Å². The van der Waals surface area contributed by atoms with Crippen molar-refractivity contribution in [2.75, 3.05) is 18.8 Å². The number of β-amino-alcohol motifs (C(OH)–C–C–N with tert-alkyl or cyclic N) is 1. The number of likely N-dealkylation sites (tertiary alicyclic amines) is 1. The van der Waals surface area contributed by atoms with Crippen LogP contribution in [0.25, 0.3) is 0 Å². The van der Waals surface area contributed by atoms with Gasteiger partial charge in [-0.1, -0.05) is 6.92 Å². The molecule has 18 heavy (non-hydrogen) atoms. The number of aliphatic hydroxyl groups excluding tert-OH is 1. The summed E-state index contributed by atoms with van der Waals surface area (Å²) in [6, 6.07) is 4.03. The van der Waals surface area contributed by atoms with Gasteiger partial charge in [0.15, 0.2) is 0 Å². The van der Waals surface area contributed by atoms with Gasteiger partial charge in [-0.15, -0.1) is 0 Å². The smallest absolute Gasteiger partial charge is 0.254 e. The summed E-state index contributed by atoms with van der Waals surface area (Å²) in [6.45, 7) is 2.84. The van der Waals surface area contributed by atoms with Gasteiger partial charge in [-0.2, -0.15) is 0 Å². The van der Waals surface area contributed by atoms with Crippen molar-refractivity contribution in [1.29, 1.82) is 0 Å². The lowest BCUT2D eigenvalue weighted by molar-refractivity contribution is 0.0248. The Morgan fingerprint density at radius 2 is 2.28 bits per heavy atom. The van der Waals surface area contributed by atoms with Gasteiger partial charge >= 0.3 is 0 Å². The SMILES string of the molecule is CC1CCN(C(=O)c2ccc(N)c(F)c2)CC1O. The van der Waals surface area contributed by atoms with Gasteiger partial charge in [-0.25, -0.2) is 4.39 Å². The Kier molecular flexibility index (Phi) is 3.52. The van der Waals surface area contributed by atoms with Crippen LogP contribution in [0.15, 0.2) is 18.2 Å². The number of hydrogen-bond donors (Lipinski definition) is 2. The molecular weight excluding hydrogens is 235 g/mol. The molecule has 1 saturated heterocycles. The Bertz CT molecular complexity index is 464. The molecule has 2 atom stereocenters. The van der Waals surface area contributed by atoms with Gasteiger partial charge in [0.05, 0.1) is 11.8 Å². The maximum atomic E-state index is 13.3. The van der Waals surface area contributed by atoms with E-state index in [-0.39, 0.29) is 23.1 Å². The van der Waals surface area contributed by atoms with Crippen molar-refractivity contribution in [1.82, 2.24) is 4.90 Å². The van der Waals surface area contributed by atoms with E-state index in [0.29, 0.717) is 13.1 Å². The molecule has 0 bridgehead atoms. The summed E-state index contributed by atoms with van der Waals surface area (Å²) in [6.07, 6.45) is 0.242. The lowest BCUT2D eigenvalue weighted by atomic mass is 9.95. The van der Waals surface area contributed by atoms with Gasteiger partial charge in [0.25, 0.3) is 5.91 Å². The first-order valence-electron chi connectivity index (χ1n) is 6.01. The standard InChI is InChI=1S/C13H17FN2O2/c1-8-4-5-16(7-12(8)17)13(18)9-2-3-11(15)10(14)6-9/h2-3,6,8,12,17H,4-5,7,15H2,1H3. The highest BCUT2D eigenvalue weighted by molar-refractivity contribution is 5.94. The number of rotatable bonds is 1. The van der Waals surface area contributed by atoms with Gasteiger partial charge in [0.1, 0.15) is 5.82 Å². The minimum Gasteiger partial charge on any atom is -0.396 e. The molecule has 0 saturated carbocycles. The number of nitrogen functional groups attached to an aromatic ring is 1. The van der Waals surface area contributed by atoms with Crippen molar-refractivity contribution < 1.29 is 14.3 Å². The van der Waals surface area contributed by atoms with Gasteiger partial charge in [0, 0.05) is 18.7 Å². The number of nitrogens with zero attached hydrogens (tertiary/aromatic N) is 1. The van der Waals surface area contributed by atoms with Crippen molar-refractivity contribution >= 4 is 11.6 Å². The molecule has 1 fully saturated rings. The van der Waals surface area contributed by atoms with E-state index in [2.05, 4.69) is 0 Å². The third kappa shape index (κ3) is 2.46. The second kappa shape index (κ2) is 4.94. The fraction of sp³-hybridized carbons (Fsp3) is 0.462. The van der Waals surface area contributed by atoms with Crippen LogP contribution in [-0.2, 0) is 0 Å². The molecule has 0 spiro atoms. The van der Waals surface area contributed by atoms with E-state index in [4.69, 9.17) is 5.73 Å². The topological polar surface area (TPSA) is 66.6 Å². The molecule has 2 rings (SSSR count). The number of aliphatic hydroxyl groups is 1. The summed E-state index contributed by atoms with van der Waals surface area (Å²) in [5, 5.41) is 9.75. The van der Waals surface area contributed by atoms with Crippen LogP contribution in [-0.4, -0.2) is 35.1 Å². The largest absolute Gasteiger partial charge is 0.396 e. The molecule has 1 aromatic rings. The fourth-order valence-electron chi connectivity index (χ4n) is 2.08. The van der Waals surface area contributed by atoms with Crippen LogP contribution >= 0.6 is 0 Å². The van der Waals surface area contributed by atoms with Crippen LogP contribution in [0.4, 0.5) is 10.1 Å². The molecule has 4 nitrogen and oxygen atoms in total. The Morgan fingerprint density at radius 3 is 2.89 bits per heavy atom. The molecule has 0 radical (unpaired) electrons. The second-order valence-electron chi connectivity index (χ2n) is 4.82. The van der Waals surface area contributed by atoms with E-state index in [1.165, 1.54) is 12.1 Å². The quantitative estimate of drug-likeness (QED) is 0.739. The average Bonchev–Trinajstić information content (AvgIpc) is 2.35. The molecule has 0 aliphatic carbocycles. The van der Waals surface area contributed by atoms with E-state index < -0.39 is 11.9 Å². The number of carbonyl (C=O) groups is 1. The van der Waals surface area contributed by atoms with Crippen LogP contribution in [0.2, 0.25) is 0 Å². The lowest BCUT2D eigenvalue weighted by Crippen LogP contribution is -2.45. The number of nitrogens with two attached hydrogens (primary N) is 1. The number of halogens is 1. The number of piperidine rings is 1. The van der Waals surface area contributed by atoms with E-state index in [0.717, 1.165) is 12.5 Å². The maximum absolute atomic E-state index is 13.3. The molecule has 2 unspecified atom stereocenters. The first-order valence-corrected chi connectivity index (χ1v) is 6.01. The van der Waals surface area contributed by atoms with Crippen LogP contribution in [0, 0.1) is 11.7 Å². The average molecular weight is 252 g/mol. The summed E-state index contributed by atoms with van der Waals surface area (Å²) in [5.74, 6) is -0.663. The minimum absolute atomic E-state index is 0.0267. The molecule has 1 heterocycles. The molecule has 0 aromatic heterocycles. The van der Waals surface area contributed by atoms with Crippen LogP contribution in [0.1, 0.15) is 23.7 Å². The second-order valence-corrected chi connectivity index (χ2v) is 4.82. The third-order valence-corrected chi connectivity index (χ3v) is 3.45. The Morgan fingerprint density at radius 1 is 1.56 bits per heavy atom.